The molecule has 0 heterocycles. The van der Waals surface area contributed by atoms with E-state index in [0.717, 1.165) is 17.9 Å². The van der Waals surface area contributed by atoms with E-state index in [1.165, 1.54) is 5.57 Å². The maximum atomic E-state index is 5.71. The van der Waals surface area contributed by atoms with Crippen LogP contribution in [0, 0.1) is 0 Å². The molecule has 0 saturated heterocycles. The van der Waals surface area contributed by atoms with Gasteiger partial charge in [-0.1, -0.05) is 23.8 Å². The summed E-state index contributed by atoms with van der Waals surface area (Å²) in [6.07, 6.45) is 9.09. The first-order valence-electron chi connectivity index (χ1n) is 5.31. The molecule has 0 unspecified atom stereocenters. The van der Waals surface area contributed by atoms with Crippen molar-refractivity contribution >= 4 is 5.69 Å². The van der Waals surface area contributed by atoms with Gasteiger partial charge in [0.25, 0.3) is 0 Å². The lowest BCUT2D eigenvalue weighted by atomic mass is 10.2. The highest BCUT2D eigenvalue weighted by Crippen LogP contribution is 2.19. The number of ether oxygens (including phenoxy) is 1. The van der Waals surface area contributed by atoms with Crippen LogP contribution in [-0.4, -0.2) is 0 Å². The molecule has 1 aliphatic rings. The zero-order valence-electron chi connectivity index (χ0n) is 9.31. The van der Waals surface area contributed by atoms with Crippen LogP contribution in [0.25, 0.3) is 0 Å². The van der Waals surface area contributed by atoms with Crippen molar-refractivity contribution in [1.29, 1.82) is 0 Å². The lowest BCUT2D eigenvalue weighted by Gasteiger charge is -2.05. The molecule has 16 heavy (non-hydrogen) atoms. The second-order valence-corrected chi connectivity index (χ2v) is 3.86. The van der Waals surface area contributed by atoms with Crippen LogP contribution in [0.2, 0.25) is 0 Å². The maximum Gasteiger partial charge on any atom is 0.129 e. The molecule has 0 saturated carbocycles. The second kappa shape index (κ2) is 4.71. The number of hydrogen-bond acceptors (Lipinski definition) is 2. The van der Waals surface area contributed by atoms with Crippen molar-refractivity contribution < 1.29 is 4.74 Å². The third kappa shape index (κ3) is 2.76. The van der Waals surface area contributed by atoms with E-state index in [1.807, 2.05) is 36.4 Å². The number of nitrogen functional groups attached to an aromatic ring is 1. The fourth-order valence-electron chi connectivity index (χ4n) is 1.49. The molecule has 2 heteroatoms. The summed E-state index contributed by atoms with van der Waals surface area (Å²) in [6, 6.07) is 7.43. The van der Waals surface area contributed by atoms with Gasteiger partial charge < -0.3 is 10.5 Å². The van der Waals surface area contributed by atoms with E-state index in [0.29, 0.717) is 5.69 Å². The Hall–Kier alpha value is -1.96. The predicted molar refractivity (Wildman–Crippen MR) is 67.1 cm³/mol. The molecule has 2 nitrogen and oxygen atoms in total. The average Bonchev–Trinajstić information content (AvgIpc) is 2.44. The zero-order valence-corrected chi connectivity index (χ0v) is 9.31. The van der Waals surface area contributed by atoms with Crippen LogP contribution in [0.4, 0.5) is 5.69 Å². The molecule has 0 radical (unpaired) electrons. The number of rotatable bonds is 2. The van der Waals surface area contributed by atoms with E-state index < -0.39 is 0 Å². The van der Waals surface area contributed by atoms with Gasteiger partial charge in [-0.25, -0.2) is 0 Å². The molecule has 0 spiro atoms. The van der Waals surface area contributed by atoms with E-state index in [9.17, 15) is 0 Å². The Kier molecular flexibility index (Phi) is 3.10. The fourth-order valence-corrected chi connectivity index (χ4v) is 1.49. The molecule has 0 aromatic heterocycles. The molecule has 0 atom stereocenters. The highest BCUT2D eigenvalue weighted by molar-refractivity contribution is 5.44. The molecule has 1 aliphatic carbocycles. The van der Waals surface area contributed by atoms with Gasteiger partial charge in [-0.3, -0.25) is 0 Å². The molecule has 0 aliphatic heterocycles. The number of allylic oxidation sites excluding steroid dienone is 5. The van der Waals surface area contributed by atoms with Crippen molar-refractivity contribution in [2.45, 2.75) is 13.3 Å². The summed E-state index contributed by atoms with van der Waals surface area (Å²) in [6.45, 7) is 2.10. The van der Waals surface area contributed by atoms with Crippen molar-refractivity contribution in [2.75, 3.05) is 5.73 Å². The third-order valence-corrected chi connectivity index (χ3v) is 2.35. The van der Waals surface area contributed by atoms with Gasteiger partial charge in [0.2, 0.25) is 0 Å². The minimum atomic E-state index is 0.711. The van der Waals surface area contributed by atoms with E-state index in [2.05, 4.69) is 19.1 Å². The Bertz CT molecular complexity index is 469. The molecule has 0 amide bonds. The van der Waals surface area contributed by atoms with Crippen molar-refractivity contribution in [3.05, 3.63) is 59.9 Å². The van der Waals surface area contributed by atoms with Crippen LogP contribution >= 0.6 is 0 Å². The Balaban J connectivity index is 2.16. The van der Waals surface area contributed by atoms with E-state index in [4.69, 9.17) is 10.5 Å². The molecule has 2 rings (SSSR count). The number of hydrogen-bond donors (Lipinski definition) is 1. The summed E-state index contributed by atoms with van der Waals surface area (Å²) in [5, 5.41) is 0. The quantitative estimate of drug-likeness (QED) is 0.764. The van der Waals surface area contributed by atoms with Gasteiger partial charge in [-0.2, -0.15) is 0 Å². The van der Waals surface area contributed by atoms with Gasteiger partial charge in [0.1, 0.15) is 11.5 Å². The van der Waals surface area contributed by atoms with Crippen molar-refractivity contribution in [1.82, 2.24) is 0 Å². The van der Waals surface area contributed by atoms with Gasteiger partial charge in [-0.15, -0.1) is 0 Å². The minimum Gasteiger partial charge on any atom is -0.457 e. The van der Waals surface area contributed by atoms with Crippen molar-refractivity contribution in [2.24, 2.45) is 0 Å². The Labute approximate surface area is 95.7 Å². The maximum absolute atomic E-state index is 5.71. The lowest BCUT2D eigenvalue weighted by Crippen LogP contribution is -1.92. The SMILES string of the molecule is CC1=CC=C(Oc2cccc(N)c2)C=CC1. The largest absolute Gasteiger partial charge is 0.457 e. The van der Waals surface area contributed by atoms with Gasteiger partial charge in [0.05, 0.1) is 0 Å². The molecule has 1 aromatic carbocycles. The van der Waals surface area contributed by atoms with Gasteiger partial charge in [0.15, 0.2) is 0 Å². The first kappa shape index (κ1) is 10.6. The van der Waals surface area contributed by atoms with Gasteiger partial charge in [-0.05, 0) is 37.6 Å². The van der Waals surface area contributed by atoms with Crippen LogP contribution in [0.15, 0.2) is 59.9 Å². The summed E-state index contributed by atoms with van der Waals surface area (Å²) in [5.41, 5.74) is 7.72. The molecular formula is C14H15NO. The van der Waals surface area contributed by atoms with E-state index in [-0.39, 0.29) is 0 Å². The molecule has 0 bridgehead atoms. The first-order valence-corrected chi connectivity index (χ1v) is 5.31. The number of benzene rings is 1. The monoisotopic (exact) mass is 213 g/mol. The normalized spacial score (nSPS) is 15.1. The Morgan fingerprint density at radius 1 is 1.25 bits per heavy atom. The third-order valence-electron chi connectivity index (χ3n) is 2.35. The van der Waals surface area contributed by atoms with Crippen molar-refractivity contribution in [3.8, 4) is 5.75 Å². The first-order chi connectivity index (χ1) is 7.74. The molecular weight excluding hydrogens is 198 g/mol. The summed E-state index contributed by atoms with van der Waals surface area (Å²) in [5.74, 6) is 1.60. The Morgan fingerprint density at radius 3 is 2.94 bits per heavy atom. The molecule has 1 aromatic rings. The van der Waals surface area contributed by atoms with Crippen LogP contribution in [0.1, 0.15) is 13.3 Å². The standard InChI is InChI=1S/C14H15NO/c1-11-4-2-6-13(9-8-11)16-14-7-3-5-12(15)10-14/h2-3,5-10H,4,15H2,1H3. The van der Waals surface area contributed by atoms with Crippen LogP contribution < -0.4 is 10.5 Å². The molecule has 2 N–H and O–H groups in total. The van der Waals surface area contributed by atoms with Crippen LogP contribution in [0.5, 0.6) is 5.75 Å². The predicted octanol–water partition coefficient (Wildman–Crippen LogP) is 3.44. The van der Waals surface area contributed by atoms with Crippen LogP contribution in [-0.2, 0) is 0 Å². The molecule has 0 fully saturated rings. The lowest BCUT2D eigenvalue weighted by molar-refractivity contribution is 0.445. The summed E-state index contributed by atoms with van der Waals surface area (Å²) >= 11 is 0. The van der Waals surface area contributed by atoms with E-state index >= 15 is 0 Å². The number of anilines is 1. The topological polar surface area (TPSA) is 35.2 Å². The highest BCUT2D eigenvalue weighted by Gasteiger charge is 1.99. The second-order valence-electron chi connectivity index (χ2n) is 3.86. The minimum absolute atomic E-state index is 0.711. The van der Waals surface area contributed by atoms with Crippen LogP contribution in [0.3, 0.4) is 0 Å². The number of nitrogens with two attached hydrogens (primary N) is 1. The van der Waals surface area contributed by atoms with Gasteiger partial charge in [0, 0.05) is 11.8 Å². The smallest absolute Gasteiger partial charge is 0.129 e. The van der Waals surface area contributed by atoms with E-state index in [1.54, 1.807) is 0 Å². The van der Waals surface area contributed by atoms with Crippen molar-refractivity contribution in [3.63, 3.8) is 0 Å². The van der Waals surface area contributed by atoms with Gasteiger partial charge >= 0.3 is 0 Å². The highest BCUT2D eigenvalue weighted by atomic mass is 16.5. The summed E-state index contributed by atoms with van der Waals surface area (Å²) in [7, 11) is 0. The average molecular weight is 213 g/mol. The summed E-state index contributed by atoms with van der Waals surface area (Å²) < 4.78 is 5.71. The molecule has 82 valence electrons. The fraction of sp³-hybridized carbons (Fsp3) is 0.143. The zero-order chi connectivity index (χ0) is 11.4. The Morgan fingerprint density at radius 2 is 2.12 bits per heavy atom. The summed E-state index contributed by atoms with van der Waals surface area (Å²) in [4.78, 5) is 0.